The molecule has 0 aliphatic carbocycles. The van der Waals surface area contributed by atoms with Gasteiger partial charge in [0.2, 0.25) is 0 Å². The van der Waals surface area contributed by atoms with Crippen molar-refractivity contribution < 1.29 is 9.21 Å². The van der Waals surface area contributed by atoms with Crippen molar-refractivity contribution in [3.05, 3.63) is 59.7 Å². The Morgan fingerprint density at radius 1 is 1.26 bits per heavy atom. The number of carbonyl (C=O) groups is 1. The Labute approximate surface area is 158 Å². The van der Waals surface area contributed by atoms with E-state index in [9.17, 15) is 4.79 Å². The summed E-state index contributed by atoms with van der Waals surface area (Å²) in [6.45, 7) is 4.59. The van der Waals surface area contributed by atoms with Crippen LogP contribution in [0.2, 0.25) is 0 Å². The van der Waals surface area contributed by atoms with Gasteiger partial charge in [-0.05, 0) is 51.3 Å². The molecule has 0 unspecified atom stereocenters. The number of rotatable bonds is 4. The minimum atomic E-state index is -0.0155. The molecule has 0 spiro atoms. The van der Waals surface area contributed by atoms with Crippen LogP contribution in [0.25, 0.3) is 5.82 Å². The van der Waals surface area contributed by atoms with Crippen LogP contribution in [-0.2, 0) is 6.42 Å². The van der Waals surface area contributed by atoms with E-state index >= 15 is 0 Å². The predicted octanol–water partition coefficient (Wildman–Crippen LogP) is 3.11. The molecule has 0 aromatic carbocycles. The van der Waals surface area contributed by atoms with E-state index in [0.29, 0.717) is 23.7 Å². The number of aryl methyl sites for hydroxylation is 2. The molecule has 27 heavy (non-hydrogen) atoms. The van der Waals surface area contributed by atoms with Crippen LogP contribution in [0.15, 0.2) is 41.2 Å². The van der Waals surface area contributed by atoms with Crippen LogP contribution in [-0.4, -0.2) is 43.1 Å². The number of hydrogen-bond donors (Lipinski definition) is 0. The third kappa shape index (κ3) is 3.49. The lowest BCUT2D eigenvalue weighted by Gasteiger charge is -2.35. The van der Waals surface area contributed by atoms with E-state index in [2.05, 4.69) is 15.1 Å². The number of nitrogens with zero attached hydrogens (tertiary/aromatic N) is 5. The summed E-state index contributed by atoms with van der Waals surface area (Å²) in [5.41, 5.74) is 1.47. The first-order valence-electron chi connectivity index (χ1n) is 9.32. The zero-order valence-electron chi connectivity index (χ0n) is 15.6. The van der Waals surface area contributed by atoms with Gasteiger partial charge in [-0.15, -0.1) is 0 Å². The normalized spacial score (nSPS) is 17.3. The number of piperidine rings is 1. The van der Waals surface area contributed by atoms with E-state index in [1.54, 1.807) is 29.3 Å². The maximum Gasteiger partial charge on any atom is 0.257 e. The Morgan fingerprint density at radius 3 is 2.89 bits per heavy atom. The second kappa shape index (κ2) is 7.34. The molecule has 0 saturated carbocycles. The van der Waals surface area contributed by atoms with E-state index in [1.165, 1.54) is 0 Å². The maximum atomic E-state index is 13.4. The number of pyridine rings is 1. The van der Waals surface area contributed by atoms with Crippen LogP contribution in [0.3, 0.4) is 0 Å². The zero-order valence-corrected chi connectivity index (χ0v) is 15.6. The van der Waals surface area contributed by atoms with Crippen LogP contribution in [0.5, 0.6) is 0 Å². The number of likely N-dealkylation sites (tertiary alicyclic amines) is 1. The lowest BCUT2D eigenvalue weighted by molar-refractivity contribution is 0.0604. The molecule has 1 saturated heterocycles. The van der Waals surface area contributed by atoms with E-state index in [0.717, 1.165) is 37.3 Å². The number of carbonyl (C=O) groups excluding carboxylic acids is 1. The monoisotopic (exact) mass is 365 g/mol. The Kier molecular flexibility index (Phi) is 4.75. The SMILES string of the molecule is Cc1nc(C[C@H]2CCCCN2C(=O)c2cccnc2-n2cccn2)oc1C. The Morgan fingerprint density at radius 2 is 2.15 bits per heavy atom. The highest BCUT2D eigenvalue weighted by molar-refractivity contribution is 5.97. The molecule has 3 aromatic rings. The largest absolute Gasteiger partial charge is 0.446 e. The van der Waals surface area contributed by atoms with Gasteiger partial charge < -0.3 is 9.32 Å². The molecule has 7 heteroatoms. The lowest BCUT2D eigenvalue weighted by atomic mass is 9.98. The van der Waals surface area contributed by atoms with Crippen molar-refractivity contribution in [3.8, 4) is 5.82 Å². The van der Waals surface area contributed by atoms with Crippen molar-refractivity contribution in [1.82, 2.24) is 24.6 Å². The fourth-order valence-corrected chi connectivity index (χ4v) is 3.60. The molecule has 1 amide bonds. The molecule has 140 valence electrons. The number of amides is 1. The van der Waals surface area contributed by atoms with Crippen molar-refractivity contribution in [2.75, 3.05) is 6.54 Å². The molecule has 7 nitrogen and oxygen atoms in total. The highest BCUT2D eigenvalue weighted by atomic mass is 16.4. The first-order valence-corrected chi connectivity index (χ1v) is 9.32. The fourth-order valence-electron chi connectivity index (χ4n) is 3.60. The van der Waals surface area contributed by atoms with Crippen LogP contribution in [0, 0.1) is 13.8 Å². The van der Waals surface area contributed by atoms with Crippen molar-refractivity contribution in [1.29, 1.82) is 0 Å². The molecule has 4 heterocycles. The fraction of sp³-hybridized carbons (Fsp3) is 0.400. The molecule has 0 radical (unpaired) electrons. The van der Waals surface area contributed by atoms with E-state index in [4.69, 9.17) is 4.42 Å². The van der Waals surface area contributed by atoms with Crippen molar-refractivity contribution in [2.24, 2.45) is 0 Å². The Bertz CT molecular complexity index is 912. The standard InChI is InChI=1S/C20H23N5O2/c1-14-15(2)27-18(23-14)13-16-7-3-4-11-24(16)20(26)17-8-5-9-21-19(17)25-12-6-10-22-25/h5-6,8-10,12,16H,3-4,7,11,13H2,1-2H3/t16-/m1/s1. The summed E-state index contributed by atoms with van der Waals surface area (Å²) < 4.78 is 7.39. The minimum Gasteiger partial charge on any atom is -0.446 e. The van der Waals surface area contributed by atoms with Gasteiger partial charge >= 0.3 is 0 Å². The second-order valence-electron chi connectivity index (χ2n) is 6.93. The van der Waals surface area contributed by atoms with Crippen molar-refractivity contribution in [3.63, 3.8) is 0 Å². The Hall–Kier alpha value is -2.96. The molecule has 1 atom stereocenters. The summed E-state index contributed by atoms with van der Waals surface area (Å²) in [4.78, 5) is 24.2. The molecule has 0 N–H and O–H groups in total. The average Bonchev–Trinajstić information content (AvgIpc) is 3.32. The molecule has 4 rings (SSSR count). The van der Waals surface area contributed by atoms with Gasteiger partial charge in [0.25, 0.3) is 5.91 Å². The first kappa shape index (κ1) is 17.5. The minimum absolute atomic E-state index is 0.0155. The van der Waals surface area contributed by atoms with Crippen LogP contribution < -0.4 is 0 Å². The summed E-state index contributed by atoms with van der Waals surface area (Å²) >= 11 is 0. The van der Waals surface area contributed by atoms with Gasteiger partial charge in [-0.1, -0.05) is 0 Å². The third-order valence-electron chi connectivity index (χ3n) is 5.11. The van der Waals surface area contributed by atoms with E-state index < -0.39 is 0 Å². The summed E-state index contributed by atoms with van der Waals surface area (Å²) in [6, 6.07) is 5.51. The summed E-state index contributed by atoms with van der Waals surface area (Å²) in [6.07, 6.45) is 8.85. The summed E-state index contributed by atoms with van der Waals surface area (Å²) in [5.74, 6) is 2.08. The molecule has 1 aliphatic heterocycles. The predicted molar refractivity (Wildman–Crippen MR) is 99.7 cm³/mol. The molecule has 1 aliphatic rings. The molecule has 0 bridgehead atoms. The maximum absolute atomic E-state index is 13.4. The quantitative estimate of drug-likeness (QED) is 0.710. The highest BCUT2D eigenvalue weighted by Crippen LogP contribution is 2.25. The summed E-state index contributed by atoms with van der Waals surface area (Å²) in [5, 5.41) is 4.23. The molecule has 3 aromatic heterocycles. The van der Waals surface area contributed by atoms with Crippen LogP contribution in [0.1, 0.15) is 47.0 Å². The second-order valence-corrected chi connectivity index (χ2v) is 6.93. The Balaban J connectivity index is 1.62. The van der Waals surface area contributed by atoms with Gasteiger partial charge in [0.1, 0.15) is 5.76 Å². The smallest absolute Gasteiger partial charge is 0.257 e. The molecular formula is C20H23N5O2. The van der Waals surface area contributed by atoms with Crippen molar-refractivity contribution in [2.45, 2.75) is 45.6 Å². The summed E-state index contributed by atoms with van der Waals surface area (Å²) in [7, 11) is 0. The third-order valence-corrected chi connectivity index (χ3v) is 5.11. The van der Waals surface area contributed by atoms with Gasteiger partial charge in [0.05, 0.1) is 11.3 Å². The number of aromatic nitrogens is 4. The number of hydrogen-bond acceptors (Lipinski definition) is 5. The highest BCUT2D eigenvalue weighted by Gasteiger charge is 2.30. The van der Waals surface area contributed by atoms with Crippen LogP contribution in [0.4, 0.5) is 0 Å². The average molecular weight is 365 g/mol. The van der Waals surface area contributed by atoms with Crippen molar-refractivity contribution >= 4 is 5.91 Å². The van der Waals surface area contributed by atoms with E-state index in [1.807, 2.05) is 30.9 Å². The molecular weight excluding hydrogens is 342 g/mol. The zero-order chi connectivity index (χ0) is 18.8. The number of oxazole rings is 1. The van der Waals surface area contributed by atoms with Crippen LogP contribution >= 0.6 is 0 Å². The first-order chi connectivity index (χ1) is 13.1. The van der Waals surface area contributed by atoms with Gasteiger partial charge in [0, 0.05) is 37.6 Å². The van der Waals surface area contributed by atoms with Gasteiger partial charge in [-0.25, -0.2) is 14.6 Å². The van der Waals surface area contributed by atoms with Gasteiger partial charge in [-0.2, -0.15) is 5.10 Å². The topological polar surface area (TPSA) is 77.1 Å². The molecule has 1 fully saturated rings. The van der Waals surface area contributed by atoms with E-state index in [-0.39, 0.29) is 11.9 Å². The lowest BCUT2D eigenvalue weighted by Crippen LogP contribution is -2.45. The van der Waals surface area contributed by atoms with Gasteiger partial charge in [-0.3, -0.25) is 4.79 Å². The van der Waals surface area contributed by atoms with Gasteiger partial charge in [0.15, 0.2) is 11.7 Å².